The molecule has 0 fully saturated rings. The van der Waals surface area contributed by atoms with Crippen LogP contribution in [0, 0.1) is 0 Å². The Balaban J connectivity index is 1.98. The molecule has 0 saturated carbocycles. The quantitative estimate of drug-likeness (QED) is 0.567. The van der Waals surface area contributed by atoms with E-state index in [-0.39, 0.29) is 11.8 Å². The predicted molar refractivity (Wildman–Crippen MR) is 119 cm³/mol. The Morgan fingerprint density at radius 2 is 1.76 bits per heavy atom. The van der Waals surface area contributed by atoms with E-state index >= 15 is 0 Å². The van der Waals surface area contributed by atoms with E-state index in [1.54, 1.807) is 30.7 Å². The SMILES string of the molecule is CCNC(=O)[C@@H](C)N(Cc1ccc(OC)cc1)C(=O)CCSCc1ccccc1. The molecule has 0 saturated heterocycles. The van der Waals surface area contributed by atoms with Crippen molar-refractivity contribution >= 4 is 23.6 Å². The van der Waals surface area contributed by atoms with Gasteiger partial charge in [0, 0.05) is 31.0 Å². The summed E-state index contributed by atoms with van der Waals surface area (Å²) in [6.45, 7) is 4.59. The summed E-state index contributed by atoms with van der Waals surface area (Å²) in [4.78, 5) is 27.0. The van der Waals surface area contributed by atoms with E-state index in [2.05, 4.69) is 17.4 Å². The summed E-state index contributed by atoms with van der Waals surface area (Å²) in [7, 11) is 1.62. The highest BCUT2D eigenvalue weighted by molar-refractivity contribution is 7.98. The van der Waals surface area contributed by atoms with Crippen LogP contribution in [0.1, 0.15) is 31.4 Å². The van der Waals surface area contributed by atoms with Crippen molar-refractivity contribution in [3.63, 3.8) is 0 Å². The zero-order valence-corrected chi connectivity index (χ0v) is 18.2. The van der Waals surface area contributed by atoms with Gasteiger partial charge in [0.2, 0.25) is 11.8 Å². The smallest absolute Gasteiger partial charge is 0.242 e. The number of amides is 2. The fourth-order valence-corrected chi connectivity index (χ4v) is 3.79. The van der Waals surface area contributed by atoms with Crippen molar-refractivity contribution in [2.24, 2.45) is 0 Å². The molecule has 0 heterocycles. The van der Waals surface area contributed by atoms with Crippen LogP contribution in [0.5, 0.6) is 5.75 Å². The molecule has 0 spiro atoms. The number of hydrogen-bond donors (Lipinski definition) is 1. The van der Waals surface area contributed by atoms with Gasteiger partial charge < -0.3 is 15.0 Å². The van der Waals surface area contributed by atoms with E-state index in [9.17, 15) is 9.59 Å². The second kappa shape index (κ2) is 12.2. The molecular weight excluding hydrogens is 384 g/mol. The van der Waals surface area contributed by atoms with Crippen molar-refractivity contribution in [2.45, 2.75) is 38.6 Å². The summed E-state index contributed by atoms with van der Waals surface area (Å²) in [5.41, 5.74) is 2.21. The van der Waals surface area contributed by atoms with Crippen LogP contribution < -0.4 is 10.1 Å². The van der Waals surface area contributed by atoms with Gasteiger partial charge in [-0.15, -0.1) is 0 Å². The number of thioether (sulfide) groups is 1. The number of carbonyl (C=O) groups is 2. The number of benzene rings is 2. The standard InChI is InChI=1S/C23H30N2O3S/c1-4-24-23(27)18(2)25(16-19-10-12-21(28-3)13-11-19)22(26)14-15-29-17-20-8-6-5-7-9-20/h5-13,18H,4,14-17H2,1-3H3,(H,24,27)/t18-/m1/s1. The number of carbonyl (C=O) groups excluding carboxylic acids is 2. The molecule has 0 aliphatic heterocycles. The van der Waals surface area contributed by atoms with Gasteiger partial charge in [0.25, 0.3) is 0 Å². The maximum atomic E-state index is 12.9. The van der Waals surface area contributed by atoms with E-state index in [0.29, 0.717) is 19.5 Å². The summed E-state index contributed by atoms with van der Waals surface area (Å²) >= 11 is 1.73. The molecule has 2 rings (SSSR count). The largest absolute Gasteiger partial charge is 0.497 e. The molecule has 0 aromatic heterocycles. The Morgan fingerprint density at radius 3 is 2.38 bits per heavy atom. The van der Waals surface area contributed by atoms with E-state index in [4.69, 9.17) is 4.74 Å². The topological polar surface area (TPSA) is 58.6 Å². The molecule has 1 atom stereocenters. The minimum absolute atomic E-state index is 0.0138. The van der Waals surface area contributed by atoms with Gasteiger partial charge in [0.1, 0.15) is 11.8 Å². The maximum absolute atomic E-state index is 12.9. The Morgan fingerprint density at radius 1 is 1.07 bits per heavy atom. The lowest BCUT2D eigenvalue weighted by atomic mass is 10.1. The number of nitrogens with zero attached hydrogens (tertiary/aromatic N) is 1. The second-order valence-electron chi connectivity index (χ2n) is 6.73. The molecule has 2 aromatic carbocycles. The lowest BCUT2D eigenvalue weighted by Gasteiger charge is -2.28. The first kappa shape index (κ1) is 22.8. The van der Waals surface area contributed by atoms with Crippen molar-refractivity contribution in [2.75, 3.05) is 19.4 Å². The second-order valence-corrected chi connectivity index (χ2v) is 7.83. The van der Waals surface area contributed by atoms with Gasteiger partial charge in [0.15, 0.2) is 0 Å². The molecule has 0 radical (unpaired) electrons. The third-order valence-corrected chi connectivity index (χ3v) is 5.63. The van der Waals surface area contributed by atoms with Crippen LogP contribution in [0.25, 0.3) is 0 Å². The highest BCUT2D eigenvalue weighted by Gasteiger charge is 2.25. The van der Waals surface area contributed by atoms with Crippen LogP contribution in [0.3, 0.4) is 0 Å². The van der Waals surface area contributed by atoms with Gasteiger partial charge in [-0.05, 0) is 37.1 Å². The average molecular weight is 415 g/mol. The van der Waals surface area contributed by atoms with Gasteiger partial charge >= 0.3 is 0 Å². The third-order valence-electron chi connectivity index (χ3n) is 4.60. The first-order chi connectivity index (χ1) is 14.0. The molecule has 0 bridgehead atoms. The van der Waals surface area contributed by atoms with E-state index in [1.165, 1.54) is 5.56 Å². The first-order valence-corrected chi connectivity index (χ1v) is 11.0. The minimum Gasteiger partial charge on any atom is -0.497 e. The number of methoxy groups -OCH3 is 1. The van der Waals surface area contributed by atoms with Gasteiger partial charge in [-0.3, -0.25) is 9.59 Å². The van der Waals surface area contributed by atoms with Gasteiger partial charge in [-0.1, -0.05) is 42.5 Å². The number of rotatable bonds is 11. The van der Waals surface area contributed by atoms with E-state index in [1.807, 2.05) is 49.4 Å². The first-order valence-electron chi connectivity index (χ1n) is 9.87. The van der Waals surface area contributed by atoms with Gasteiger partial charge in [-0.25, -0.2) is 0 Å². The lowest BCUT2D eigenvalue weighted by molar-refractivity contribution is -0.140. The fourth-order valence-electron chi connectivity index (χ4n) is 2.90. The zero-order chi connectivity index (χ0) is 21.1. The van der Waals surface area contributed by atoms with Crippen LogP contribution in [-0.4, -0.2) is 42.2 Å². The van der Waals surface area contributed by atoms with Crippen molar-refractivity contribution in [3.05, 3.63) is 65.7 Å². The molecule has 1 N–H and O–H groups in total. The summed E-state index contributed by atoms with van der Waals surface area (Å²) in [5, 5.41) is 2.82. The molecule has 2 amide bonds. The number of hydrogen-bond acceptors (Lipinski definition) is 4. The van der Waals surface area contributed by atoms with Crippen LogP contribution in [0.2, 0.25) is 0 Å². The zero-order valence-electron chi connectivity index (χ0n) is 17.4. The Labute approximate surface area is 177 Å². The Hall–Kier alpha value is -2.47. The molecule has 156 valence electrons. The molecule has 0 aliphatic rings. The third kappa shape index (κ3) is 7.46. The highest BCUT2D eigenvalue weighted by Crippen LogP contribution is 2.17. The highest BCUT2D eigenvalue weighted by atomic mass is 32.2. The molecule has 0 unspecified atom stereocenters. The van der Waals surface area contributed by atoms with Crippen LogP contribution in [0.4, 0.5) is 0 Å². The number of likely N-dealkylation sites (N-methyl/N-ethyl adjacent to an activating group) is 1. The molecule has 2 aromatic rings. The van der Waals surface area contributed by atoms with Crippen LogP contribution in [0.15, 0.2) is 54.6 Å². The van der Waals surface area contributed by atoms with Crippen LogP contribution in [-0.2, 0) is 21.9 Å². The maximum Gasteiger partial charge on any atom is 0.242 e. The molecule has 29 heavy (non-hydrogen) atoms. The Kier molecular flexibility index (Phi) is 9.57. The fraction of sp³-hybridized carbons (Fsp3) is 0.391. The summed E-state index contributed by atoms with van der Waals surface area (Å²) < 4.78 is 5.19. The van der Waals surface area contributed by atoms with Gasteiger partial charge in [0.05, 0.1) is 7.11 Å². The monoisotopic (exact) mass is 414 g/mol. The average Bonchev–Trinajstić information content (AvgIpc) is 2.75. The van der Waals surface area contributed by atoms with Crippen molar-refractivity contribution in [1.82, 2.24) is 10.2 Å². The lowest BCUT2D eigenvalue weighted by Crippen LogP contribution is -2.47. The van der Waals surface area contributed by atoms with E-state index < -0.39 is 6.04 Å². The van der Waals surface area contributed by atoms with Crippen LogP contribution >= 0.6 is 11.8 Å². The summed E-state index contributed by atoms with van der Waals surface area (Å²) in [5.74, 6) is 2.21. The predicted octanol–water partition coefficient (Wildman–Crippen LogP) is 3.87. The molecular formula is C23H30N2O3S. The van der Waals surface area contributed by atoms with Crippen molar-refractivity contribution in [3.8, 4) is 5.75 Å². The minimum atomic E-state index is -0.524. The van der Waals surface area contributed by atoms with Gasteiger partial charge in [-0.2, -0.15) is 11.8 Å². The molecule has 0 aliphatic carbocycles. The van der Waals surface area contributed by atoms with E-state index in [0.717, 1.165) is 22.8 Å². The summed E-state index contributed by atoms with van der Waals surface area (Å²) in [6, 6.07) is 17.3. The number of ether oxygens (including phenoxy) is 1. The normalized spacial score (nSPS) is 11.6. The van der Waals surface area contributed by atoms with Crippen molar-refractivity contribution < 1.29 is 14.3 Å². The van der Waals surface area contributed by atoms with Crippen molar-refractivity contribution in [1.29, 1.82) is 0 Å². The molecule has 5 nitrogen and oxygen atoms in total. The number of nitrogens with one attached hydrogen (secondary N) is 1. The Bertz CT molecular complexity index is 765. The molecule has 6 heteroatoms. The summed E-state index contributed by atoms with van der Waals surface area (Å²) in [6.07, 6.45) is 0.400.